The van der Waals surface area contributed by atoms with Crippen molar-refractivity contribution < 1.29 is 4.57 Å². The minimum absolute atomic E-state index is 0.748. The number of benzene rings is 2. The molecule has 2 aliphatic rings. The fourth-order valence-corrected chi connectivity index (χ4v) is 5.82. The van der Waals surface area contributed by atoms with Crippen LogP contribution < -0.4 is 4.57 Å². The van der Waals surface area contributed by atoms with Gasteiger partial charge in [0.05, 0.1) is 5.39 Å². The van der Waals surface area contributed by atoms with Crippen molar-refractivity contribution in [1.82, 2.24) is 0 Å². The third-order valence-corrected chi connectivity index (χ3v) is 7.58. The third kappa shape index (κ3) is 3.61. The van der Waals surface area contributed by atoms with Crippen molar-refractivity contribution in [2.24, 2.45) is 7.05 Å². The maximum Gasteiger partial charge on any atom is 0.220 e. The topological polar surface area (TPSA) is 3.88 Å². The van der Waals surface area contributed by atoms with E-state index >= 15 is 0 Å². The maximum absolute atomic E-state index is 2.50. The van der Waals surface area contributed by atoms with E-state index in [0.717, 1.165) is 11.8 Å². The first-order valence-electron chi connectivity index (χ1n) is 11.7. The fraction of sp³-hybridized carbons (Fsp3) is 0.464. The van der Waals surface area contributed by atoms with Gasteiger partial charge in [0.2, 0.25) is 5.69 Å². The molecule has 0 amide bonds. The molecule has 0 aliphatic heterocycles. The minimum atomic E-state index is 0.748. The first-order chi connectivity index (χ1) is 14.2. The number of rotatable bonds is 3. The molecule has 1 heterocycles. The van der Waals surface area contributed by atoms with Crippen LogP contribution in [0.2, 0.25) is 0 Å². The van der Waals surface area contributed by atoms with E-state index in [9.17, 15) is 0 Å². The Hall–Kier alpha value is -2.15. The number of hydrogen-bond acceptors (Lipinski definition) is 0. The van der Waals surface area contributed by atoms with E-state index in [-0.39, 0.29) is 0 Å². The number of aromatic nitrogens is 1. The van der Waals surface area contributed by atoms with Crippen molar-refractivity contribution in [2.45, 2.75) is 76.5 Å². The third-order valence-electron chi connectivity index (χ3n) is 7.58. The standard InChI is InChI=1S/C28H34N/c1-20-12-13-24(22-8-4-3-5-9-22)19-27(20)28-26-15-14-23(21-10-6-7-11-21)18-25(26)16-17-29(28)2/h12-19,21-22H,3-11H2,1-2H3/q+1. The molecular weight excluding hydrogens is 350 g/mol. The average molecular weight is 385 g/mol. The largest absolute Gasteiger partial charge is 0.220 e. The highest BCUT2D eigenvalue weighted by Crippen LogP contribution is 2.38. The van der Waals surface area contributed by atoms with Crippen molar-refractivity contribution in [3.05, 3.63) is 65.4 Å². The highest BCUT2D eigenvalue weighted by atomic mass is 14.9. The number of fused-ring (bicyclic) bond motifs is 1. The average Bonchev–Trinajstić information content (AvgIpc) is 3.30. The molecule has 0 atom stereocenters. The molecule has 2 fully saturated rings. The van der Waals surface area contributed by atoms with Crippen LogP contribution in [-0.4, -0.2) is 0 Å². The Kier molecular flexibility index (Phi) is 5.16. The van der Waals surface area contributed by atoms with Gasteiger partial charge in [-0.05, 0) is 78.7 Å². The molecule has 29 heavy (non-hydrogen) atoms. The van der Waals surface area contributed by atoms with Gasteiger partial charge in [0.15, 0.2) is 6.20 Å². The minimum Gasteiger partial charge on any atom is -0.200 e. The van der Waals surface area contributed by atoms with Gasteiger partial charge in [0.25, 0.3) is 0 Å². The van der Waals surface area contributed by atoms with Crippen LogP contribution in [0.15, 0.2) is 48.7 Å². The van der Waals surface area contributed by atoms with E-state index in [2.05, 4.69) is 67.2 Å². The first-order valence-corrected chi connectivity index (χ1v) is 11.7. The Bertz CT molecular complexity index is 1020. The second kappa shape index (κ2) is 7.94. The van der Waals surface area contributed by atoms with Crippen LogP contribution in [0.1, 0.15) is 86.3 Å². The highest BCUT2D eigenvalue weighted by molar-refractivity contribution is 5.94. The Morgan fingerprint density at radius 1 is 0.724 bits per heavy atom. The summed E-state index contributed by atoms with van der Waals surface area (Å²) in [6.07, 6.45) is 14.7. The number of pyridine rings is 1. The monoisotopic (exact) mass is 384 g/mol. The Balaban J connectivity index is 1.61. The second-order valence-corrected chi connectivity index (χ2v) is 9.51. The van der Waals surface area contributed by atoms with E-state index in [1.54, 1.807) is 11.1 Å². The van der Waals surface area contributed by atoms with Gasteiger partial charge in [0.1, 0.15) is 7.05 Å². The van der Waals surface area contributed by atoms with Crippen molar-refractivity contribution in [2.75, 3.05) is 0 Å². The van der Waals surface area contributed by atoms with Gasteiger partial charge >= 0.3 is 0 Å². The molecule has 1 aromatic heterocycles. The molecule has 1 nitrogen and oxygen atoms in total. The smallest absolute Gasteiger partial charge is 0.200 e. The summed E-state index contributed by atoms with van der Waals surface area (Å²) >= 11 is 0. The summed E-state index contributed by atoms with van der Waals surface area (Å²) in [5, 5.41) is 2.78. The molecule has 3 aromatic rings. The van der Waals surface area contributed by atoms with E-state index in [1.807, 2.05) is 0 Å². The lowest BCUT2D eigenvalue weighted by Gasteiger charge is -2.23. The highest BCUT2D eigenvalue weighted by Gasteiger charge is 2.22. The summed E-state index contributed by atoms with van der Waals surface area (Å²) in [6.45, 7) is 2.27. The lowest BCUT2D eigenvalue weighted by Crippen LogP contribution is -2.30. The lowest BCUT2D eigenvalue weighted by molar-refractivity contribution is -0.659. The molecule has 5 rings (SSSR count). The molecule has 0 spiro atoms. The number of nitrogens with zero attached hydrogens (tertiary/aromatic N) is 1. The van der Waals surface area contributed by atoms with Crippen molar-refractivity contribution in [3.63, 3.8) is 0 Å². The van der Waals surface area contributed by atoms with Gasteiger partial charge in [-0.1, -0.05) is 56.4 Å². The summed E-state index contributed by atoms with van der Waals surface area (Å²) in [7, 11) is 2.20. The second-order valence-electron chi connectivity index (χ2n) is 9.51. The number of aryl methyl sites for hydroxylation is 2. The van der Waals surface area contributed by atoms with Gasteiger partial charge in [-0.2, -0.15) is 0 Å². The Labute approximate surface area is 175 Å². The van der Waals surface area contributed by atoms with Crippen LogP contribution in [0.5, 0.6) is 0 Å². The van der Waals surface area contributed by atoms with E-state index in [0.29, 0.717) is 0 Å². The van der Waals surface area contributed by atoms with Crippen LogP contribution in [0.25, 0.3) is 22.0 Å². The normalized spacial score (nSPS) is 18.6. The van der Waals surface area contributed by atoms with Crippen molar-refractivity contribution >= 4 is 10.8 Å². The van der Waals surface area contributed by atoms with Crippen molar-refractivity contribution in [1.29, 1.82) is 0 Å². The quantitative estimate of drug-likeness (QED) is 0.416. The fourth-order valence-electron chi connectivity index (χ4n) is 5.82. The van der Waals surface area contributed by atoms with Crippen LogP contribution in [0, 0.1) is 6.92 Å². The molecule has 0 N–H and O–H groups in total. The number of hydrogen-bond donors (Lipinski definition) is 0. The molecule has 1 heteroatoms. The molecule has 0 unspecified atom stereocenters. The predicted octanol–water partition coefficient (Wildman–Crippen LogP) is 7.35. The summed E-state index contributed by atoms with van der Waals surface area (Å²) in [5.41, 5.74) is 7.25. The molecule has 2 saturated carbocycles. The SMILES string of the molecule is Cc1ccc(C2CCCCC2)cc1-c1c2ccc(C3CCCC3)cc2cc[n+]1C. The summed E-state index contributed by atoms with van der Waals surface area (Å²) in [4.78, 5) is 0. The summed E-state index contributed by atoms with van der Waals surface area (Å²) in [5.74, 6) is 1.52. The zero-order valence-corrected chi connectivity index (χ0v) is 18.1. The van der Waals surface area contributed by atoms with Gasteiger partial charge in [-0.15, -0.1) is 0 Å². The molecule has 150 valence electrons. The molecule has 2 aromatic carbocycles. The molecule has 2 aliphatic carbocycles. The van der Waals surface area contributed by atoms with Gasteiger partial charge in [-0.3, -0.25) is 0 Å². The first kappa shape index (κ1) is 18.9. The maximum atomic E-state index is 2.50. The van der Waals surface area contributed by atoms with E-state index in [1.165, 1.54) is 85.4 Å². The molecule has 0 radical (unpaired) electrons. The van der Waals surface area contributed by atoms with Crippen LogP contribution >= 0.6 is 0 Å². The van der Waals surface area contributed by atoms with Gasteiger partial charge in [-0.25, -0.2) is 4.57 Å². The van der Waals surface area contributed by atoms with Crippen LogP contribution in [0.3, 0.4) is 0 Å². The molecular formula is C28H34N+. The zero-order valence-electron chi connectivity index (χ0n) is 18.1. The van der Waals surface area contributed by atoms with E-state index in [4.69, 9.17) is 0 Å². The molecule has 0 saturated heterocycles. The van der Waals surface area contributed by atoms with Gasteiger partial charge in [0, 0.05) is 11.6 Å². The van der Waals surface area contributed by atoms with E-state index < -0.39 is 0 Å². The summed E-state index contributed by atoms with van der Waals surface area (Å²) in [6, 6.07) is 16.8. The van der Waals surface area contributed by atoms with Crippen LogP contribution in [0.4, 0.5) is 0 Å². The molecule has 0 bridgehead atoms. The Morgan fingerprint density at radius 2 is 1.34 bits per heavy atom. The zero-order chi connectivity index (χ0) is 19.8. The van der Waals surface area contributed by atoms with Crippen molar-refractivity contribution in [3.8, 4) is 11.3 Å². The van der Waals surface area contributed by atoms with Gasteiger partial charge < -0.3 is 0 Å². The summed E-state index contributed by atoms with van der Waals surface area (Å²) < 4.78 is 2.32. The predicted molar refractivity (Wildman–Crippen MR) is 122 cm³/mol. The Morgan fingerprint density at radius 3 is 2.07 bits per heavy atom. The lowest BCUT2D eigenvalue weighted by atomic mass is 9.82. The van der Waals surface area contributed by atoms with Crippen LogP contribution in [-0.2, 0) is 7.05 Å².